The smallest absolute Gasteiger partial charge is 0.300 e. The van der Waals surface area contributed by atoms with E-state index in [1.165, 1.54) is 11.2 Å². The first-order chi connectivity index (χ1) is 14.8. The molecule has 0 spiro atoms. The van der Waals surface area contributed by atoms with Crippen LogP contribution in [0.4, 0.5) is 5.69 Å². The lowest BCUT2D eigenvalue weighted by atomic mass is 9.98. The Labute approximate surface area is 184 Å². The topological polar surface area (TPSA) is 80.0 Å². The van der Waals surface area contributed by atoms with Gasteiger partial charge in [-0.05, 0) is 67.4 Å². The molecule has 1 aromatic heterocycles. The molecule has 1 N–H and O–H groups in total. The number of hydrogen-bond acceptors (Lipinski definition) is 5. The van der Waals surface area contributed by atoms with Gasteiger partial charge in [-0.25, -0.2) is 0 Å². The molecule has 7 heteroatoms. The number of anilines is 1. The molecule has 158 valence electrons. The average Bonchev–Trinajstić information content (AvgIpc) is 3.36. The highest BCUT2D eigenvalue weighted by Crippen LogP contribution is 2.44. The number of carbonyl (C=O) groups is 2. The lowest BCUT2D eigenvalue weighted by Gasteiger charge is -2.25. The highest BCUT2D eigenvalue weighted by atomic mass is 35.5. The summed E-state index contributed by atoms with van der Waals surface area (Å²) < 4.78 is 10.8. The van der Waals surface area contributed by atoms with Gasteiger partial charge in [-0.2, -0.15) is 0 Å². The molecule has 2 heterocycles. The van der Waals surface area contributed by atoms with Gasteiger partial charge in [0.15, 0.2) is 0 Å². The molecule has 1 saturated heterocycles. The van der Waals surface area contributed by atoms with Crippen molar-refractivity contribution in [1.82, 2.24) is 0 Å². The van der Waals surface area contributed by atoms with E-state index in [2.05, 4.69) is 0 Å². The van der Waals surface area contributed by atoms with E-state index in [-0.39, 0.29) is 11.3 Å². The number of Topliss-reactive ketones (excluding diaryl/α,β-unsaturated/α-hetero) is 1. The maximum atomic E-state index is 13.1. The molecule has 0 aliphatic carbocycles. The van der Waals surface area contributed by atoms with E-state index in [0.29, 0.717) is 27.8 Å². The number of amides is 1. The van der Waals surface area contributed by atoms with Crippen LogP contribution in [0.25, 0.3) is 5.76 Å². The van der Waals surface area contributed by atoms with E-state index in [1.54, 1.807) is 55.6 Å². The first-order valence-corrected chi connectivity index (χ1v) is 9.97. The van der Waals surface area contributed by atoms with Crippen molar-refractivity contribution < 1.29 is 23.8 Å². The number of carbonyl (C=O) groups excluding carboxylic acids is 2. The van der Waals surface area contributed by atoms with E-state index >= 15 is 0 Å². The van der Waals surface area contributed by atoms with Gasteiger partial charge in [0.25, 0.3) is 11.7 Å². The summed E-state index contributed by atoms with van der Waals surface area (Å²) in [5.74, 6) is -0.850. The number of aliphatic hydroxyl groups excluding tert-OH is 1. The Bertz CT molecular complexity index is 1210. The molecule has 1 amide bonds. The molecule has 1 unspecified atom stereocenters. The van der Waals surface area contributed by atoms with Crippen LogP contribution < -0.4 is 9.64 Å². The SMILES string of the molecule is COc1ccc(/C(O)=C2/C(=O)C(=O)N(c3cc(Cl)ccc3C)C2c2ccco2)cc1C. The van der Waals surface area contributed by atoms with E-state index in [0.717, 1.165) is 11.1 Å². The maximum absolute atomic E-state index is 13.1. The Hall–Kier alpha value is -3.51. The van der Waals surface area contributed by atoms with E-state index in [9.17, 15) is 14.7 Å². The normalized spacial score (nSPS) is 17.9. The molecule has 1 atom stereocenters. The predicted octanol–water partition coefficient (Wildman–Crippen LogP) is 5.18. The standard InChI is InChI=1S/C24H20ClNO5/c1-13-6-8-16(25)12-17(13)26-21(19-5-4-10-31-19)20(23(28)24(26)29)22(27)15-7-9-18(30-3)14(2)11-15/h4-12,21,27H,1-3H3/b22-20-. The molecule has 6 nitrogen and oxygen atoms in total. The van der Waals surface area contributed by atoms with Crippen LogP contribution in [0.2, 0.25) is 5.02 Å². The van der Waals surface area contributed by atoms with Crippen LogP contribution in [-0.4, -0.2) is 23.9 Å². The molecular formula is C24H20ClNO5. The summed E-state index contributed by atoms with van der Waals surface area (Å²) >= 11 is 6.17. The van der Waals surface area contributed by atoms with Gasteiger partial charge < -0.3 is 14.3 Å². The monoisotopic (exact) mass is 437 g/mol. The molecule has 0 bridgehead atoms. The quantitative estimate of drug-likeness (QED) is 0.345. The minimum Gasteiger partial charge on any atom is -0.507 e. The number of halogens is 1. The fourth-order valence-corrected chi connectivity index (χ4v) is 3.99. The van der Waals surface area contributed by atoms with E-state index in [1.807, 2.05) is 13.8 Å². The maximum Gasteiger partial charge on any atom is 0.300 e. The fraction of sp³-hybridized carbons (Fsp3) is 0.167. The summed E-state index contributed by atoms with van der Waals surface area (Å²) in [5, 5.41) is 11.5. The van der Waals surface area contributed by atoms with Gasteiger partial charge in [-0.15, -0.1) is 0 Å². The van der Waals surface area contributed by atoms with Crippen molar-refractivity contribution >= 4 is 34.7 Å². The highest BCUT2D eigenvalue weighted by Gasteiger charge is 2.48. The largest absolute Gasteiger partial charge is 0.507 e. The molecule has 31 heavy (non-hydrogen) atoms. The van der Waals surface area contributed by atoms with Crippen LogP contribution >= 0.6 is 11.6 Å². The molecule has 4 rings (SSSR count). The van der Waals surface area contributed by atoms with Gasteiger partial charge in [-0.1, -0.05) is 17.7 Å². The van der Waals surface area contributed by atoms with Crippen molar-refractivity contribution in [2.45, 2.75) is 19.9 Å². The van der Waals surface area contributed by atoms with Crippen molar-refractivity contribution in [3.05, 3.63) is 87.8 Å². The van der Waals surface area contributed by atoms with Crippen LogP contribution in [0.1, 0.15) is 28.5 Å². The molecule has 1 fully saturated rings. The van der Waals surface area contributed by atoms with Crippen molar-refractivity contribution in [3.8, 4) is 5.75 Å². The second-order valence-corrected chi connectivity index (χ2v) is 7.74. The lowest BCUT2D eigenvalue weighted by Crippen LogP contribution is -2.30. The zero-order chi connectivity index (χ0) is 22.3. The van der Waals surface area contributed by atoms with Gasteiger partial charge >= 0.3 is 0 Å². The summed E-state index contributed by atoms with van der Waals surface area (Å²) in [7, 11) is 1.55. The number of ketones is 1. The number of benzene rings is 2. The summed E-state index contributed by atoms with van der Waals surface area (Å²) in [5.41, 5.74) is 2.35. The molecule has 1 aliphatic rings. The van der Waals surface area contributed by atoms with E-state index < -0.39 is 17.7 Å². The Balaban J connectivity index is 1.94. The van der Waals surface area contributed by atoms with Crippen LogP contribution in [-0.2, 0) is 9.59 Å². The molecule has 3 aromatic rings. The summed E-state index contributed by atoms with van der Waals surface area (Å²) in [6.07, 6.45) is 1.46. The van der Waals surface area contributed by atoms with Crippen LogP contribution in [0.15, 0.2) is 64.8 Å². The molecule has 1 aliphatic heterocycles. The summed E-state index contributed by atoms with van der Waals surface area (Å²) in [6.45, 7) is 3.64. The average molecular weight is 438 g/mol. The zero-order valence-electron chi connectivity index (χ0n) is 17.2. The van der Waals surface area contributed by atoms with Gasteiger partial charge in [-0.3, -0.25) is 14.5 Å². The molecule has 2 aromatic carbocycles. The number of methoxy groups -OCH3 is 1. The van der Waals surface area contributed by atoms with Crippen LogP contribution in [0.5, 0.6) is 5.75 Å². The second-order valence-electron chi connectivity index (χ2n) is 7.30. The highest BCUT2D eigenvalue weighted by molar-refractivity contribution is 6.51. The molecule has 0 saturated carbocycles. The van der Waals surface area contributed by atoms with Gasteiger partial charge in [0.05, 0.1) is 18.9 Å². The number of nitrogens with zero attached hydrogens (tertiary/aromatic N) is 1. The van der Waals surface area contributed by atoms with Crippen molar-refractivity contribution in [3.63, 3.8) is 0 Å². The van der Waals surface area contributed by atoms with Gasteiger partial charge in [0, 0.05) is 16.3 Å². The first-order valence-electron chi connectivity index (χ1n) is 9.59. The zero-order valence-corrected chi connectivity index (χ0v) is 17.9. The Morgan fingerprint density at radius 3 is 2.52 bits per heavy atom. The van der Waals surface area contributed by atoms with Crippen LogP contribution in [0, 0.1) is 13.8 Å². The fourth-order valence-electron chi connectivity index (χ4n) is 3.82. The van der Waals surface area contributed by atoms with Crippen LogP contribution in [0.3, 0.4) is 0 Å². The minimum absolute atomic E-state index is 0.0520. The number of ether oxygens (including phenoxy) is 1. The van der Waals surface area contributed by atoms with Crippen molar-refractivity contribution in [1.29, 1.82) is 0 Å². The Morgan fingerprint density at radius 2 is 1.87 bits per heavy atom. The Morgan fingerprint density at radius 1 is 1.10 bits per heavy atom. The molecule has 0 radical (unpaired) electrons. The number of aryl methyl sites for hydroxylation is 2. The van der Waals surface area contributed by atoms with Gasteiger partial charge in [0.1, 0.15) is 23.3 Å². The first kappa shape index (κ1) is 20.8. The number of rotatable bonds is 4. The van der Waals surface area contributed by atoms with Crippen molar-refractivity contribution in [2.75, 3.05) is 12.0 Å². The third-order valence-corrected chi connectivity index (χ3v) is 5.59. The summed E-state index contributed by atoms with van der Waals surface area (Å²) in [6, 6.07) is 12.5. The van der Waals surface area contributed by atoms with Gasteiger partial charge in [0.2, 0.25) is 0 Å². The third-order valence-electron chi connectivity index (χ3n) is 5.36. The second kappa shape index (κ2) is 7.96. The summed E-state index contributed by atoms with van der Waals surface area (Å²) in [4.78, 5) is 27.5. The third kappa shape index (κ3) is 3.49. The Kier molecular flexibility index (Phi) is 5.33. The minimum atomic E-state index is -0.936. The molecular weight excluding hydrogens is 418 g/mol. The lowest BCUT2D eigenvalue weighted by molar-refractivity contribution is -0.132. The van der Waals surface area contributed by atoms with E-state index in [4.69, 9.17) is 20.8 Å². The number of aliphatic hydroxyl groups is 1. The predicted molar refractivity (Wildman–Crippen MR) is 117 cm³/mol. The number of furan rings is 1. The number of hydrogen-bond donors (Lipinski definition) is 1. The van der Waals surface area contributed by atoms with Crippen molar-refractivity contribution in [2.24, 2.45) is 0 Å².